The molecule has 0 radical (unpaired) electrons. The Balaban J connectivity index is 1.54. The third-order valence-corrected chi connectivity index (χ3v) is 5.81. The summed E-state index contributed by atoms with van der Waals surface area (Å²) in [6.07, 6.45) is 5.90. The Morgan fingerprint density at radius 2 is 2.00 bits per heavy atom. The molecule has 0 saturated carbocycles. The lowest BCUT2D eigenvalue weighted by Gasteiger charge is -2.40. The Bertz CT molecular complexity index is 711. The van der Waals surface area contributed by atoms with Crippen molar-refractivity contribution < 1.29 is 4.74 Å². The molecule has 0 aliphatic carbocycles. The predicted octanol–water partition coefficient (Wildman–Crippen LogP) is 3.23. The van der Waals surface area contributed by atoms with Gasteiger partial charge in [-0.2, -0.15) is 0 Å². The number of benzene rings is 1. The average Bonchev–Trinajstić information content (AvgIpc) is 2.66. The van der Waals surface area contributed by atoms with Gasteiger partial charge in [-0.1, -0.05) is 18.6 Å². The molecule has 1 aromatic heterocycles. The van der Waals surface area contributed by atoms with Crippen LogP contribution in [-0.2, 0) is 11.3 Å². The van der Waals surface area contributed by atoms with Crippen molar-refractivity contribution >= 4 is 10.9 Å². The lowest BCUT2D eigenvalue weighted by Crippen LogP contribution is -2.49. The fourth-order valence-electron chi connectivity index (χ4n) is 4.29. The second-order valence-corrected chi connectivity index (χ2v) is 7.46. The number of hydrogen-bond donors (Lipinski definition) is 0. The Labute approximate surface area is 150 Å². The van der Waals surface area contributed by atoms with Crippen LogP contribution in [0.15, 0.2) is 30.5 Å². The molecule has 3 heterocycles. The van der Waals surface area contributed by atoms with Gasteiger partial charge in [0.05, 0.1) is 18.7 Å². The predicted molar refractivity (Wildman–Crippen MR) is 102 cm³/mol. The summed E-state index contributed by atoms with van der Waals surface area (Å²) in [5.74, 6) is 0. The third-order valence-electron chi connectivity index (χ3n) is 5.81. The molecule has 4 heteroatoms. The lowest BCUT2D eigenvalue weighted by atomic mass is 9.97. The van der Waals surface area contributed by atoms with Gasteiger partial charge in [-0.15, -0.1) is 0 Å². The van der Waals surface area contributed by atoms with Gasteiger partial charge >= 0.3 is 0 Å². The van der Waals surface area contributed by atoms with E-state index in [0.717, 1.165) is 38.4 Å². The zero-order valence-corrected chi connectivity index (χ0v) is 15.3. The highest BCUT2D eigenvalue weighted by Crippen LogP contribution is 2.26. The molecule has 134 valence electrons. The van der Waals surface area contributed by atoms with Crippen molar-refractivity contribution in [2.75, 3.05) is 39.4 Å². The molecular formula is C21H29N3O. The number of aryl methyl sites for hydroxylation is 1. The van der Waals surface area contributed by atoms with Crippen LogP contribution in [0.2, 0.25) is 0 Å². The van der Waals surface area contributed by atoms with Crippen molar-refractivity contribution in [3.63, 3.8) is 0 Å². The van der Waals surface area contributed by atoms with Crippen molar-refractivity contribution in [3.05, 3.63) is 41.6 Å². The van der Waals surface area contributed by atoms with Crippen LogP contribution in [-0.4, -0.2) is 60.2 Å². The molecule has 2 aliphatic rings. The number of ether oxygens (including phenoxy) is 1. The summed E-state index contributed by atoms with van der Waals surface area (Å²) in [4.78, 5) is 9.85. The van der Waals surface area contributed by atoms with Crippen LogP contribution >= 0.6 is 0 Å². The van der Waals surface area contributed by atoms with Crippen molar-refractivity contribution in [2.45, 2.75) is 38.8 Å². The largest absolute Gasteiger partial charge is 0.379 e. The highest BCUT2D eigenvalue weighted by molar-refractivity contribution is 5.83. The van der Waals surface area contributed by atoms with Crippen LogP contribution in [0.25, 0.3) is 10.9 Å². The van der Waals surface area contributed by atoms with Gasteiger partial charge in [0.25, 0.3) is 0 Å². The first kappa shape index (κ1) is 17.0. The molecule has 4 nitrogen and oxygen atoms in total. The Morgan fingerprint density at radius 3 is 2.88 bits per heavy atom. The third kappa shape index (κ3) is 3.86. The van der Waals surface area contributed by atoms with Gasteiger partial charge in [-0.05, 0) is 49.6 Å². The zero-order chi connectivity index (χ0) is 17.1. The van der Waals surface area contributed by atoms with E-state index in [1.54, 1.807) is 0 Å². The van der Waals surface area contributed by atoms with Crippen molar-refractivity contribution in [2.24, 2.45) is 0 Å². The molecule has 1 atom stereocenters. The number of likely N-dealkylation sites (tertiary alicyclic amines) is 1. The SMILES string of the molecule is Cc1ccc2ncccc2c1CN1CCCC[C@H]1CN1CCOCC1. The summed E-state index contributed by atoms with van der Waals surface area (Å²) in [6.45, 7) is 9.63. The van der Waals surface area contributed by atoms with E-state index in [4.69, 9.17) is 4.74 Å². The molecule has 0 spiro atoms. The molecule has 2 aliphatic heterocycles. The molecule has 2 fully saturated rings. The number of morpholine rings is 1. The van der Waals surface area contributed by atoms with Crippen LogP contribution in [0.4, 0.5) is 0 Å². The van der Waals surface area contributed by atoms with Gasteiger partial charge in [-0.25, -0.2) is 0 Å². The van der Waals surface area contributed by atoms with Gasteiger partial charge in [0.2, 0.25) is 0 Å². The maximum atomic E-state index is 5.51. The van der Waals surface area contributed by atoms with E-state index in [9.17, 15) is 0 Å². The fourth-order valence-corrected chi connectivity index (χ4v) is 4.29. The number of fused-ring (bicyclic) bond motifs is 1. The zero-order valence-electron chi connectivity index (χ0n) is 15.3. The molecule has 0 N–H and O–H groups in total. The summed E-state index contributed by atoms with van der Waals surface area (Å²) in [7, 11) is 0. The van der Waals surface area contributed by atoms with Crippen molar-refractivity contribution in [3.8, 4) is 0 Å². The first-order chi connectivity index (χ1) is 12.3. The molecule has 2 saturated heterocycles. The highest BCUT2D eigenvalue weighted by Gasteiger charge is 2.26. The summed E-state index contributed by atoms with van der Waals surface area (Å²) >= 11 is 0. The maximum absolute atomic E-state index is 5.51. The summed E-state index contributed by atoms with van der Waals surface area (Å²) < 4.78 is 5.51. The minimum atomic E-state index is 0.665. The highest BCUT2D eigenvalue weighted by atomic mass is 16.5. The topological polar surface area (TPSA) is 28.6 Å². The summed E-state index contributed by atoms with van der Waals surface area (Å²) in [5.41, 5.74) is 3.96. The molecule has 4 rings (SSSR count). The number of nitrogens with zero attached hydrogens (tertiary/aromatic N) is 3. The van der Waals surface area contributed by atoms with Crippen LogP contribution in [0, 0.1) is 6.92 Å². The normalized spacial score (nSPS) is 23.2. The molecule has 0 bridgehead atoms. The van der Waals surface area contributed by atoms with E-state index in [0.29, 0.717) is 6.04 Å². The van der Waals surface area contributed by atoms with Gasteiger partial charge < -0.3 is 4.74 Å². The molecule has 0 amide bonds. The quantitative estimate of drug-likeness (QED) is 0.855. The number of hydrogen-bond acceptors (Lipinski definition) is 4. The van der Waals surface area contributed by atoms with Crippen molar-refractivity contribution in [1.82, 2.24) is 14.8 Å². The molecular weight excluding hydrogens is 310 g/mol. The van der Waals surface area contributed by atoms with Crippen LogP contribution in [0.1, 0.15) is 30.4 Å². The number of pyridine rings is 1. The van der Waals surface area contributed by atoms with E-state index in [-0.39, 0.29) is 0 Å². The smallest absolute Gasteiger partial charge is 0.0705 e. The second-order valence-electron chi connectivity index (χ2n) is 7.46. The summed E-state index contributed by atoms with van der Waals surface area (Å²) in [5, 5.41) is 1.32. The van der Waals surface area contributed by atoms with Crippen LogP contribution in [0.3, 0.4) is 0 Å². The van der Waals surface area contributed by atoms with Gasteiger partial charge in [0, 0.05) is 43.8 Å². The summed E-state index contributed by atoms with van der Waals surface area (Å²) in [6, 6.07) is 9.33. The standard InChI is InChI=1S/C21H29N3O/c1-17-7-8-21-19(6-4-9-22-21)20(17)16-24-10-3-2-5-18(24)15-23-11-13-25-14-12-23/h4,6-9,18H,2-3,5,10-16H2,1H3/t18-/m0/s1. The monoisotopic (exact) mass is 339 g/mol. The van der Waals surface area contributed by atoms with Gasteiger partial charge in [-0.3, -0.25) is 14.8 Å². The molecule has 25 heavy (non-hydrogen) atoms. The second kappa shape index (κ2) is 7.81. The van der Waals surface area contributed by atoms with Crippen molar-refractivity contribution in [1.29, 1.82) is 0 Å². The van der Waals surface area contributed by atoms with Crippen LogP contribution < -0.4 is 0 Å². The van der Waals surface area contributed by atoms with Gasteiger partial charge in [0.15, 0.2) is 0 Å². The maximum Gasteiger partial charge on any atom is 0.0705 e. The fraction of sp³-hybridized carbons (Fsp3) is 0.571. The molecule has 1 aromatic carbocycles. The first-order valence-electron chi connectivity index (χ1n) is 9.68. The minimum Gasteiger partial charge on any atom is -0.379 e. The minimum absolute atomic E-state index is 0.665. The lowest BCUT2D eigenvalue weighted by molar-refractivity contribution is 0.0153. The average molecular weight is 339 g/mol. The number of piperidine rings is 1. The molecule has 0 unspecified atom stereocenters. The van der Waals surface area contributed by atoms with E-state index >= 15 is 0 Å². The van der Waals surface area contributed by atoms with E-state index in [1.165, 1.54) is 48.9 Å². The van der Waals surface area contributed by atoms with Crippen LogP contribution in [0.5, 0.6) is 0 Å². The Hall–Kier alpha value is -1.49. The number of aromatic nitrogens is 1. The van der Waals surface area contributed by atoms with E-state index in [1.807, 2.05) is 6.20 Å². The molecule has 2 aromatic rings. The Morgan fingerprint density at radius 1 is 1.12 bits per heavy atom. The van der Waals surface area contributed by atoms with E-state index in [2.05, 4.69) is 46.0 Å². The first-order valence-corrected chi connectivity index (χ1v) is 9.68. The van der Waals surface area contributed by atoms with E-state index < -0.39 is 0 Å². The van der Waals surface area contributed by atoms with Gasteiger partial charge in [0.1, 0.15) is 0 Å². The Kier molecular flexibility index (Phi) is 5.30. The number of rotatable bonds is 4.